The Labute approximate surface area is 95.2 Å². The Balaban J connectivity index is 3.23. The highest BCUT2D eigenvalue weighted by molar-refractivity contribution is 7.90. The van der Waals surface area contributed by atoms with Crippen molar-refractivity contribution in [2.75, 3.05) is 11.7 Å². The molecule has 1 unspecified atom stereocenters. The van der Waals surface area contributed by atoms with Crippen LogP contribution in [0.3, 0.4) is 0 Å². The maximum Gasteiger partial charge on any atom is 0.157 e. The number of hydrazine groups is 1. The third-order valence-electron chi connectivity index (χ3n) is 2.31. The van der Waals surface area contributed by atoms with Gasteiger partial charge in [0.05, 0.1) is 0 Å². The van der Waals surface area contributed by atoms with Crippen LogP contribution >= 0.6 is 0 Å². The van der Waals surface area contributed by atoms with E-state index in [1.165, 1.54) is 0 Å². The van der Waals surface area contributed by atoms with Crippen LogP contribution in [-0.2, 0) is 16.3 Å². The highest BCUT2D eigenvalue weighted by Crippen LogP contribution is 2.19. The topological polar surface area (TPSA) is 98.0 Å². The number of sulfone groups is 1. The van der Waals surface area contributed by atoms with Crippen LogP contribution in [0.4, 0.5) is 5.82 Å². The number of anilines is 1. The Morgan fingerprint density at radius 3 is 2.56 bits per heavy atom. The van der Waals surface area contributed by atoms with Gasteiger partial charge in [0.1, 0.15) is 16.9 Å². The fourth-order valence-corrected chi connectivity index (χ4v) is 1.63. The van der Waals surface area contributed by atoms with Gasteiger partial charge in [-0.25, -0.2) is 24.2 Å². The van der Waals surface area contributed by atoms with Gasteiger partial charge in [0.25, 0.3) is 0 Å². The van der Waals surface area contributed by atoms with E-state index in [-0.39, 0.29) is 5.82 Å². The summed E-state index contributed by atoms with van der Waals surface area (Å²) >= 11 is 0. The lowest BCUT2D eigenvalue weighted by Crippen LogP contribution is -2.16. The first-order chi connectivity index (χ1) is 7.38. The molecule has 6 nitrogen and oxygen atoms in total. The minimum atomic E-state index is -3.20. The zero-order chi connectivity index (χ0) is 12.3. The molecule has 0 saturated heterocycles. The molecule has 0 aliphatic heterocycles. The van der Waals surface area contributed by atoms with E-state index in [1.54, 1.807) is 13.0 Å². The van der Waals surface area contributed by atoms with Crippen LogP contribution in [-0.4, -0.2) is 24.6 Å². The zero-order valence-corrected chi connectivity index (χ0v) is 10.4. The second-order valence-corrected chi connectivity index (χ2v) is 5.94. The molecular weight excluding hydrogens is 228 g/mol. The van der Waals surface area contributed by atoms with Gasteiger partial charge in [-0.05, 0) is 13.3 Å². The van der Waals surface area contributed by atoms with Crippen LogP contribution in [0.2, 0.25) is 0 Å². The SMILES string of the molecule is CCc1cc(NN)nc(C(C)S(C)(=O)=O)n1. The van der Waals surface area contributed by atoms with E-state index >= 15 is 0 Å². The Morgan fingerprint density at radius 2 is 2.12 bits per heavy atom. The number of nitrogens with one attached hydrogen (secondary N) is 1. The van der Waals surface area contributed by atoms with Gasteiger partial charge in [0.2, 0.25) is 0 Å². The van der Waals surface area contributed by atoms with Crippen molar-refractivity contribution in [3.8, 4) is 0 Å². The molecule has 1 aromatic rings. The van der Waals surface area contributed by atoms with E-state index in [4.69, 9.17) is 5.84 Å². The molecule has 3 N–H and O–H groups in total. The maximum atomic E-state index is 11.4. The molecule has 0 aliphatic rings. The number of hydrogen-bond donors (Lipinski definition) is 2. The van der Waals surface area contributed by atoms with Gasteiger partial charge >= 0.3 is 0 Å². The number of aryl methyl sites for hydroxylation is 1. The summed E-state index contributed by atoms with van der Waals surface area (Å²) in [4.78, 5) is 8.22. The highest BCUT2D eigenvalue weighted by Gasteiger charge is 2.21. The first-order valence-electron chi connectivity index (χ1n) is 4.91. The lowest BCUT2D eigenvalue weighted by molar-refractivity contribution is 0.589. The minimum absolute atomic E-state index is 0.273. The summed E-state index contributed by atoms with van der Waals surface area (Å²) in [6.07, 6.45) is 1.86. The molecule has 1 rings (SSSR count). The molecule has 0 aromatic carbocycles. The summed E-state index contributed by atoms with van der Waals surface area (Å²) < 4.78 is 22.8. The number of rotatable bonds is 4. The monoisotopic (exact) mass is 244 g/mol. The predicted molar refractivity (Wildman–Crippen MR) is 62.5 cm³/mol. The molecule has 0 bridgehead atoms. The first kappa shape index (κ1) is 12.9. The van der Waals surface area contributed by atoms with Crippen molar-refractivity contribution in [2.24, 2.45) is 5.84 Å². The summed E-state index contributed by atoms with van der Waals surface area (Å²) in [6, 6.07) is 1.69. The van der Waals surface area contributed by atoms with Crippen LogP contribution in [0.5, 0.6) is 0 Å². The average Bonchev–Trinajstić information content (AvgIpc) is 2.26. The normalized spacial score (nSPS) is 13.5. The van der Waals surface area contributed by atoms with Crippen LogP contribution in [0.1, 0.15) is 30.6 Å². The van der Waals surface area contributed by atoms with Crippen molar-refractivity contribution < 1.29 is 8.42 Å². The summed E-state index contributed by atoms with van der Waals surface area (Å²) in [6.45, 7) is 3.49. The summed E-state index contributed by atoms with van der Waals surface area (Å²) in [5.74, 6) is 5.96. The molecular formula is C9H16N4O2S. The molecule has 0 saturated carbocycles. The maximum absolute atomic E-state index is 11.4. The van der Waals surface area contributed by atoms with Crippen molar-refractivity contribution in [1.82, 2.24) is 9.97 Å². The summed E-state index contributed by atoms with van der Waals surface area (Å²) in [5.41, 5.74) is 3.16. The molecule has 0 spiro atoms. The first-order valence-corrected chi connectivity index (χ1v) is 6.87. The fourth-order valence-electron chi connectivity index (χ4n) is 1.15. The van der Waals surface area contributed by atoms with Gasteiger partial charge < -0.3 is 5.43 Å². The van der Waals surface area contributed by atoms with Crippen molar-refractivity contribution in [3.63, 3.8) is 0 Å². The standard InChI is InChI=1S/C9H16N4O2S/c1-4-7-5-8(13-10)12-9(11-7)6(2)16(3,14)15/h5-6H,4,10H2,1-3H3,(H,11,12,13). The van der Waals surface area contributed by atoms with Gasteiger partial charge in [-0.15, -0.1) is 0 Å². The zero-order valence-electron chi connectivity index (χ0n) is 9.56. The molecule has 0 fully saturated rings. The molecule has 90 valence electrons. The number of nitrogen functional groups attached to an aromatic ring is 1. The van der Waals surface area contributed by atoms with Gasteiger partial charge in [0, 0.05) is 18.0 Å². The van der Waals surface area contributed by atoms with Crippen molar-refractivity contribution in [3.05, 3.63) is 17.6 Å². The largest absolute Gasteiger partial charge is 0.308 e. The van der Waals surface area contributed by atoms with Crippen LogP contribution < -0.4 is 11.3 Å². The number of nitrogens with zero attached hydrogens (tertiary/aromatic N) is 2. The number of hydrogen-bond acceptors (Lipinski definition) is 6. The number of nitrogens with two attached hydrogens (primary N) is 1. The molecule has 0 aliphatic carbocycles. The molecule has 16 heavy (non-hydrogen) atoms. The van der Waals surface area contributed by atoms with Crippen LogP contribution in [0.15, 0.2) is 6.07 Å². The third kappa shape index (κ3) is 2.89. The van der Waals surface area contributed by atoms with Crippen LogP contribution in [0.25, 0.3) is 0 Å². The van der Waals surface area contributed by atoms with E-state index in [2.05, 4.69) is 15.4 Å². The van der Waals surface area contributed by atoms with E-state index in [9.17, 15) is 8.42 Å². The molecule has 1 aromatic heterocycles. The van der Waals surface area contributed by atoms with Gasteiger partial charge in [-0.2, -0.15) is 0 Å². The lowest BCUT2D eigenvalue weighted by Gasteiger charge is -2.11. The smallest absolute Gasteiger partial charge is 0.157 e. The quantitative estimate of drug-likeness (QED) is 0.588. The predicted octanol–water partition coefficient (Wildman–Crippen LogP) is 0.430. The van der Waals surface area contributed by atoms with Gasteiger partial charge in [-0.1, -0.05) is 6.92 Å². The molecule has 0 amide bonds. The van der Waals surface area contributed by atoms with Gasteiger partial charge in [0.15, 0.2) is 9.84 Å². The van der Waals surface area contributed by atoms with E-state index < -0.39 is 15.1 Å². The van der Waals surface area contributed by atoms with Crippen molar-refractivity contribution in [2.45, 2.75) is 25.5 Å². The van der Waals surface area contributed by atoms with E-state index in [0.29, 0.717) is 12.2 Å². The van der Waals surface area contributed by atoms with E-state index in [1.807, 2.05) is 6.92 Å². The lowest BCUT2D eigenvalue weighted by atomic mass is 10.3. The van der Waals surface area contributed by atoms with Crippen molar-refractivity contribution >= 4 is 15.7 Å². The summed E-state index contributed by atoms with van der Waals surface area (Å²) in [5, 5.41) is -0.730. The molecule has 7 heteroatoms. The molecule has 0 radical (unpaired) electrons. The second-order valence-electron chi connectivity index (χ2n) is 3.57. The molecule has 1 atom stereocenters. The Morgan fingerprint density at radius 1 is 1.50 bits per heavy atom. The minimum Gasteiger partial charge on any atom is -0.308 e. The Kier molecular flexibility index (Phi) is 3.82. The summed E-state index contributed by atoms with van der Waals surface area (Å²) in [7, 11) is -3.20. The van der Waals surface area contributed by atoms with E-state index in [0.717, 1.165) is 11.9 Å². The van der Waals surface area contributed by atoms with Crippen molar-refractivity contribution in [1.29, 1.82) is 0 Å². The fraction of sp³-hybridized carbons (Fsp3) is 0.556. The average molecular weight is 244 g/mol. The van der Waals surface area contributed by atoms with Crippen LogP contribution in [0, 0.1) is 0 Å². The molecule has 1 heterocycles. The highest BCUT2D eigenvalue weighted by atomic mass is 32.2. The third-order valence-corrected chi connectivity index (χ3v) is 3.81. The number of aromatic nitrogens is 2. The van der Waals surface area contributed by atoms with Gasteiger partial charge in [-0.3, -0.25) is 0 Å². The Hall–Kier alpha value is -1.21. The second kappa shape index (κ2) is 4.75. The Bertz CT molecular complexity index is 450.